The van der Waals surface area contributed by atoms with E-state index in [9.17, 15) is 4.39 Å². The fraction of sp³-hybridized carbons (Fsp3) is 0.500. The summed E-state index contributed by atoms with van der Waals surface area (Å²) < 4.78 is 12.8. The molecular weight excluding hydrogens is 177 g/mol. The first-order valence-electron chi connectivity index (χ1n) is 5.14. The predicted molar refractivity (Wildman–Crippen MR) is 55.6 cm³/mol. The van der Waals surface area contributed by atoms with Crippen molar-refractivity contribution in [3.8, 4) is 0 Å². The van der Waals surface area contributed by atoms with E-state index in [4.69, 9.17) is 0 Å². The summed E-state index contributed by atoms with van der Waals surface area (Å²) >= 11 is 0. The minimum Gasteiger partial charge on any atom is -0.305 e. The van der Waals surface area contributed by atoms with Crippen LogP contribution in [0, 0.1) is 5.82 Å². The molecule has 1 heterocycles. The molecule has 2 unspecified atom stereocenters. The van der Waals surface area contributed by atoms with E-state index in [1.807, 2.05) is 12.1 Å². The molecular formula is C12H16FN. The normalized spacial score (nSPS) is 32.1. The molecule has 1 aliphatic heterocycles. The molecule has 76 valence electrons. The first-order chi connectivity index (χ1) is 6.60. The van der Waals surface area contributed by atoms with Crippen molar-refractivity contribution in [3.05, 3.63) is 35.6 Å². The predicted octanol–water partition coefficient (Wildman–Crippen LogP) is 2.81. The van der Waals surface area contributed by atoms with Crippen LogP contribution < -0.4 is 5.32 Å². The van der Waals surface area contributed by atoms with Gasteiger partial charge in [0.15, 0.2) is 0 Å². The van der Waals surface area contributed by atoms with Crippen molar-refractivity contribution < 1.29 is 4.39 Å². The fourth-order valence-electron chi connectivity index (χ4n) is 2.24. The summed E-state index contributed by atoms with van der Waals surface area (Å²) in [6.45, 7) is 4.37. The third-order valence-electron chi connectivity index (χ3n) is 3.12. The van der Waals surface area contributed by atoms with Crippen LogP contribution in [0.4, 0.5) is 4.39 Å². The lowest BCUT2D eigenvalue weighted by Gasteiger charge is -2.26. The van der Waals surface area contributed by atoms with Crippen LogP contribution in [0.25, 0.3) is 0 Å². The standard InChI is InChI=1S/C12H16FN/c1-9-7-8-12(2,14-9)10-3-5-11(13)6-4-10/h3-6,9,14H,7-8H2,1-2H3. The van der Waals surface area contributed by atoms with E-state index >= 15 is 0 Å². The quantitative estimate of drug-likeness (QED) is 0.723. The van der Waals surface area contributed by atoms with Crippen LogP contribution in [0.1, 0.15) is 32.3 Å². The van der Waals surface area contributed by atoms with Crippen molar-refractivity contribution in [2.24, 2.45) is 0 Å². The Balaban J connectivity index is 2.26. The molecule has 0 amide bonds. The van der Waals surface area contributed by atoms with Gasteiger partial charge in [0.1, 0.15) is 5.82 Å². The number of rotatable bonds is 1. The monoisotopic (exact) mass is 193 g/mol. The molecule has 0 radical (unpaired) electrons. The lowest BCUT2D eigenvalue weighted by atomic mass is 9.91. The second kappa shape index (κ2) is 3.35. The molecule has 1 saturated heterocycles. The zero-order chi connectivity index (χ0) is 10.2. The van der Waals surface area contributed by atoms with E-state index in [-0.39, 0.29) is 11.4 Å². The van der Waals surface area contributed by atoms with Gasteiger partial charge in [-0.3, -0.25) is 0 Å². The summed E-state index contributed by atoms with van der Waals surface area (Å²) in [6.07, 6.45) is 2.31. The van der Waals surface area contributed by atoms with Crippen molar-refractivity contribution in [1.82, 2.24) is 5.32 Å². The second-order valence-corrected chi connectivity index (χ2v) is 4.42. The second-order valence-electron chi connectivity index (χ2n) is 4.42. The number of benzene rings is 1. The Morgan fingerprint density at radius 3 is 2.50 bits per heavy atom. The van der Waals surface area contributed by atoms with Crippen LogP contribution in [0.5, 0.6) is 0 Å². The highest BCUT2D eigenvalue weighted by Gasteiger charge is 2.33. The van der Waals surface area contributed by atoms with Gasteiger partial charge in [0.25, 0.3) is 0 Å². The summed E-state index contributed by atoms with van der Waals surface area (Å²) in [5.41, 5.74) is 1.22. The zero-order valence-corrected chi connectivity index (χ0v) is 8.68. The number of hydrogen-bond donors (Lipinski definition) is 1. The Morgan fingerprint density at radius 1 is 1.36 bits per heavy atom. The molecule has 2 atom stereocenters. The van der Waals surface area contributed by atoms with Gasteiger partial charge in [0.05, 0.1) is 0 Å². The number of nitrogens with one attached hydrogen (secondary N) is 1. The molecule has 0 bridgehead atoms. The summed E-state index contributed by atoms with van der Waals surface area (Å²) in [5, 5.41) is 3.54. The molecule has 1 aromatic carbocycles. The topological polar surface area (TPSA) is 12.0 Å². The first-order valence-corrected chi connectivity index (χ1v) is 5.14. The van der Waals surface area contributed by atoms with Crippen molar-refractivity contribution in [2.45, 2.75) is 38.3 Å². The molecule has 1 aromatic rings. The third kappa shape index (κ3) is 1.67. The molecule has 0 aliphatic carbocycles. The van der Waals surface area contributed by atoms with E-state index in [2.05, 4.69) is 19.2 Å². The Morgan fingerprint density at radius 2 is 2.00 bits per heavy atom. The Hall–Kier alpha value is -0.890. The first kappa shape index (κ1) is 9.66. The molecule has 14 heavy (non-hydrogen) atoms. The number of hydrogen-bond acceptors (Lipinski definition) is 1. The maximum absolute atomic E-state index is 12.8. The van der Waals surface area contributed by atoms with Crippen molar-refractivity contribution in [3.63, 3.8) is 0 Å². The Bertz CT molecular complexity index is 320. The van der Waals surface area contributed by atoms with Gasteiger partial charge in [-0.25, -0.2) is 4.39 Å². The highest BCUT2D eigenvalue weighted by Crippen LogP contribution is 2.32. The van der Waals surface area contributed by atoms with Crippen LogP contribution in [0.3, 0.4) is 0 Å². The van der Waals surface area contributed by atoms with Gasteiger partial charge in [0.2, 0.25) is 0 Å². The average molecular weight is 193 g/mol. The van der Waals surface area contributed by atoms with Gasteiger partial charge >= 0.3 is 0 Å². The van der Waals surface area contributed by atoms with E-state index in [0.717, 1.165) is 6.42 Å². The van der Waals surface area contributed by atoms with Crippen molar-refractivity contribution >= 4 is 0 Å². The van der Waals surface area contributed by atoms with Crippen LogP contribution in [-0.4, -0.2) is 6.04 Å². The molecule has 0 spiro atoms. The summed E-state index contributed by atoms with van der Waals surface area (Å²) in [4.78, 5) is 0. The molecule has 0 saturated carbocycles. The molecule has 2 rings (SSSR count). The van der Waals surface area contributed by atoms with Crippen LogP contribution >= 0.6 is 0 Å². The SMILES string of the molecule is CC1CCC(C)(c2ccc(F)cc2)N1. The molecule has 2 heteroatoms. The lowest BCUT2D eigenvalue weighted by molar-refractivity contribution is 0.413. The zero-order valence-electron chi connectivity index (χ0n) is 8.68. The maximum Gasteiger partial charge on any atom is 0.123 e. The van der Waals surface area contributed by atoms with Gasteiger partial charge in [-0.15, -0.1) is 0 Å². The third-order valence-corrected chi connectivity index (χ3v) is 3.12. The Labute approximate surface area is 84.3 Å². The number of halogens is 1. The average Bonchev–Trinajstić information content (AvgIpc) is 2.48. The minimum absolute atomic E-state index is 0.0348. The van der Waals surface area contributed by atoms with Gasteiger partial charge in [-0.05, 0) is 44.4 Å². The minimum atomic E-state index is -0.164. The van der Waals surface area contributed by atoms with Gasteiger partial charge in [-0.2, -0.15) is 0 Å². The van der Waals surface area contributed by atoms with Gasteiger partial charge in [0, 0.05) is 11.6 Å². The Kier molecular flexibility index (Phi) is 2.31. The highest BCUT2D eigenvalue weighted by molar-refractivity contribution is 5.25. The summed E-state index contributed by atoms with van der Waals surface area (Å²) in [6, 6.07) is 7.38. The van der Waals surface area contributed by atoms with Gasteiger partial charge in [-0.1, -0.05) is 12.1 Å². The van der Waals surface area contributed by atoms with E-state index in [1.54, 1.807) is 0 Å². The van der Waals surface area contributed by atoms with Crippen LogP contribution in [-0.2, 0) is 5.54 Å². The van der Waals surface area contributed by atoms with Crippen LogP contribution in [0.2, 0.25) is 0 Å². The summed E-state index contributed by atoms with van der Waals surface area (Å²) in [7, 11) is 0. The molecule has 1 aliphatic rings. The fourth-order valence-corrected chi connectivity index (χ4v) is 2.24. The lowest BCUT2D eigenvalue weighted by Crippen LogP contribution is -2.36. The van der Waals surface area contributed by atoms with Crippen molar-refractivity contribution in [2.75, 3.05) is 0 Å². The molecule has 0 aromatic heterocycles. The summed E-state index contributed by atoms with van der Waals surface area (Å²) in [5.74, 6) is -0.164. The molecule has 1 nitrogen and oxygen atoms in total. The maximum atomic E-state index is 12.8. The van der Waals surface area contributed by atoms with Crippen LogP contribution in [0.15, 0.2) is 24.3 Å². The van der Waals surface area contributed by atoms with Gasteiger partial charge < -0.3 is 5.32 Å². The van der Waals surface area contributed by atoms with E-state index in [1.165, 1.54) is 24.1 Å². The molecule has 1 N–H and O–H groups in total. The highest BCUT2D eigenvalue weighted by atomic mass is 19.1. The van der Waals surface area contributed by atoms with Crippen molar-refractivity contribution in [1.29, 1.82) is 0 Å². The smallest absolute Gasteiger partial charge is 0.123 e. The van der Waals surface area contributed by atoms with E-state index < -0.39 is 0 Å². The van der Waals surface area contributed by atoms with E-state index in [0.29, 0.717) is 6.04 Å². The largest absolute Gasteiger partial charge is 0.305 e. The molecule has 1 fully saturated rings.